The number of aryl methyl sites for hydroxylation is 1. The van der Waals surface area contributed by atoms with E-state index in [1.807, 2.05) is 4.57 Å². The summed E-state index contributed by atoms with van der Waals surface area (Å²) in [6.07, 6.45) is 4.50. The van der Waals surface area contributed by atoms with Crippen molar-refractivity contribution < 1.29 is 8.78 Å². The zero-order valence-corrected chi connectivity index (χ0v) is 10.2. The molecule has 0 fully saturated rings. The van der Waals surface area contributed by atoms with Crippen LogP contribution in [0.25, 0.3) is 0 Å². The van der Waals surface area contributed by atoms with Crippen LogP contribution in [0.15, 0.2) is 30.7 Å². The molecule has 1 heterocycles. The highest BCUT2D eigenvalue weighted by Gasteiger charge is 2.05. The van der Waals surface area contributed by atoms with Gasteiger partial charge in [-0.3, -0.25) is 0 Å². The standard InChI is InChI=1S/C13H15F2N3/c1-2-5-18-9-16-7-11(18)8-17-13-4-3-10(14)6-12(13)15/h3-4,6-7,9,17H,2,5,8H2,1H3. The molecule has 0 saturated heterocycles. The molecule has 0 saturated carbocycles. The topological polar surface area (TPSA) is 29.9 Å². The van der Waals surface area contributed by atoms with E-state index < -0.39 is 11.6 Å². The summed E-state index contributed by atoms with van der Waals surface area (Å²) in [5.41, 5.74) is 1.27. The minimum Gasteiger partial charge on any atom is -0.377 e. The van der Waals surface area contributed by atoms with Crippen LogP contribution in [0.4, 0.5) is 14.5 Å². The van der Waals surface area contributed by atoms with Gasteiger partial charge in [-0.1, -0.05) is 6.92 Å². The Morgan fingerprint density at radius 1 is 1.33 bits per heavy atom. The Balaban J connectivity index is 2.04. The van der Waals surface area contributed by atoms with Crippen molar-refractivity contribution >= 4 is 5.69 Å². The van der Waals surface area contributed by atoms with Gasteiger partial charge in [-0.05, 0) is 18.6 Å². The minimum absolute atomic E-state index is 0.292. The van der Waals surface area contributed by atoms with Gasteiger partial charge in [0.2, 0.25) is 0 Å². The number of hydrogen-bond donors (Lipinski definition) is 1. The molecule has 0 amide bonds. The van der Waals surface area contributed by atoms with Gasteiger partial charge in [0, 0.05) is 18.8 Å². The number of halogens is 2. The zero-order chi connectivity index (χ0) is 13.0. The van der Waals surface area contributed by atoms with Gasteiger partial charge in [0.15, 0.2) is 0 Å². The molecule has 18 heavy (non-hydrogen) atoms. The van der Waals surface area contributed by atoms with Crippen molar-refractivity contribution in [2.45, 2.75) is 26.4 Å². The molecule has 0 unspecified atom stereocenters. The fourth-order valence-electron chi connectivity index (χ4n) is 1.76. The summed E-state index contributed by atoms with van der Waals surface area (Å²) >= 11 is 0. The Labute approximate surface area is 104 Å². The van der Waals surface area contributed by atoms with E-state index >= 15 is 0 Å². The maximum Gasteiger partial charge on any atom is 0.149 e. The van der Waals surface area contributed by atoms with Gasteiger partial charge in [0.1, 0.15) is 11.6 Å². The van der Waals surface area contributed by atoms with Crippen LogP contribution in [0.1, 0.15) is 19.0 Å². The fraction of sp³-hybridized carbons (Fsp3) is 0.308. The van der Waals surface area contributed by atoms with Crippen molar-refractivity contribution in [3.05, 3.63) is 48.1 Å². The third-order valence-corrected chi connectivity index (χ3v) is 2.65. The summed E-state index contributed by atoms with van der Waals surface area (Å²) in [7, 11) is 0. The first-order valence-electron chi connectivity index (χ1n) is 5.88. The maximum absolute atomic E-state index is 13.4. The second-order valence-electron chi connectivity index (χ2n) is 4.06. The second kappa shape index (κ2) is 5.62. The average Bonchev–Trinajstić information content (AvgIpc) is 2.76. The summed E-state index contributed by atoms with van der Waals surface area (Å²) in [6.45, 7) is 3.42. The molecule has 1 aromatic carbocycles. The average molecular weight is 251 g/mol. The van der Waals surface area contributed by atoms with E-state index in [1.165, 1.54) is 12.1 Å². The third kappa shape index (κ3) is 2.85. The molecule has 0 radical (unpaired) electrons. The van der Waals surface area contributed by atoms with Crippen LogP contribution < -0.4 is 5.32 Å². The lowest BCUT2D eigenvalue weighted by molar-refractivity contribution is 0.584. The largest absolute Gasteiger partial charge is 0.377 e. The third-order valence-electron chi connectivity index (χ3n) is 2.65. The molecule has 0 aliphatic carbocycles. The number of nitrogens with one attached hydrogen (secondary N) is 1. The van der Waals surface area contributed by atoms with Crippen LogP contribution in [0, 0.1) is 11.6 Å². The zero-order valence-electron chi connectivity index (χ0n) is 10.2. The van der Waals surface area contributed by atoms with E-state index in [0.717, 1.165) is 24.7 Å². The van der Waals surface area contributed by atoms with E-state index in [-0.39, 0.29) is 0 Å². The first-order valence-corrected chi connectivity index (χ1v) is 5.88. The predicted molar refractivity (Wildman–Crippen MR) is 66.2 cm³/mol. The minimum atomic E-state index is -0.587. The van der Waals surface area contributed by atoms with Crippen molar-refractivity contribution in [3.63, 3.8) is 0 Å². The number of imidazole rings is 1. The molecule has 96 valence electrons. The molecule has 0 bridgehead atoms. The molecule has 2 rings (SSSR count). The van der Waals surface area contributed by atoms with Gasteiger partial charge in [-0.15, -0.1) is 0 Å². The number of hydrogen-bond acceptors (Lipinski definition) is 2. The smallest absolute Gasteiger partial charge is 0.149 e. The predicted octanol–water partition coefficient (Wildman–Crippen LogP) is 3.18. The van der Waals surface area contributed by atoms with Crippen molar-refractivity contribution in [1.29, 1.82) is 0 Å². The summed E-state index contributed by atoms with van der Waals surface area (Å²) in [5, 5.41) is 2.94. The van der Waals surface area contributed by atoms with Crippen LogP contribution in [0.5, 0.6) is 0 Å². The summed E-state index contributed by atoms with van der Waals surface area (Å²) in [6, 6.07) is 3.49. The van der Waals surface area contributed by atoms with Gasteiger partial charge in [0.05, 0.1) is 24.3 Å². The molecule has 1 aromatic heterocycles. The highest BCUT2D eigenvalue weighted by molar-refractivity contribution is 5.44. The second-order valence-corrected chi connectivity index (χ2v) is 4.06. The van der Waals surface area contributed by atoms with Crippen LogP contribution in [0.2, 0.25) is 0 Å². The monoisotopic (exact) mass is 251 g/mol. The Morgan fingerprint density at radius 2 is 2.17 bits per heavy atom. The number of aromatic nitrogens is 2. The van der Waals surface area contributed by atoms with E-state index in [4.69, 9.17) is 0 Å². The van der Waals surface area contributed by atoms with Crippen molar-refractivity contribution in [2.75, 3.05) is 5.32 Å². The van der Waals surface area contributed by atoms with Crippen LogP contribution in [-0.2, 0) is 13.1 Å². The molecule has 0 aliphatic rings. The fourth-order valence-corrected chi connectivity index (χ4v) is 1.76. The van der Waals surface area contributed by atoms with Gasteiger partial charge < -0.3 is 9.88 Å². The summed E-state index contributed by atoms with van der Waals surface area (Å²) < 4.78 is 28.2. The van der Waals surface area contributed by atoms with Gasteiger partial charge in [-0.25, -0.2) is 13.8 Å². The van der Waals surface area contributed by atoms with E-state index in [1.54, 1.807) is 12.5 Å². The Morgan fingerprint density at radius 3 is 2.89 bits per heavy atom. The highest BCUT2D eigenvalue weighted by atomic mass is 19.1. The molecule has 0 spiro atoms. The van der Waals surface area contributed by atoms with E-state index in [9.17, 15) is 8.78 Å². The quantitative estimate of drug-likeness (QED) is 0.884. The Bertz CT molecular complexity index is 523. The highest BCUT2D eigenvalue weighted by Crippen LogP contribution is 2.16. The van der Waals surface area contributed by atoms with Crippen LogP contribution in [0.3, 0.4) is 0 Å². The molecular weight excluding hydrogens is 236 g/mol. The van der Waals surface area contributed by atoms with Crippen LogP contribution in [-0.4, -0.2) is 9.55 Å². The molecular formula is C13H15F2N3. The summed E-state index contributed by atoms with van der Waals surface area (Å²) in [5.74, 6) is -1.16. The number of benzene rings is 1. The number of rotatable bonds is 5. The van der Waals surface area contributed by atoms with Gasteiger partial charge >= 0.3 is 0 Å². The van der Waals surface area contributed by atoms with Crippen LogP contribution >= 0.6 is 0 Å². The number of nitrogens with zero attached hydrogens (tertiary/aromatic N) is 2. The maximum atomic E-state index is 13.4. The first-order chi connectivity index (χ1) is 8.70. The molecule has 1 N–H and O–H groups in total. The molecule has 2 aromatic rings. The van der Waals surface area contributed by atoms with Crippen molar-refractivity contribution in [3.8, 4) is 0 Å². The molecule has 3 nitrogen and oxygen atoms in total. The van der Waals surface area contributed by atoms with Gasteiger partial charge in [-0.2, -0.15) is 0 Å². The molecule has 0 aliphatic heterocycles. The van der Waals surface area contributed by atoms with Crippen molar-refractivity contribution in [2.24, 2.45) is 0 Å². The lowest BCUT2D eigenvalue weighted by Gasteiger charge is -2.09. The lowest BCUT2D eigenvalue weighted by atomic mass is 10.3. The van der Waals surface area contributed by atoms with Gasteiger partial charge in [0.25, 0.3) is 0 Å². The lowest BCUT2D eigenvalue weighted by Crippen LogP contribution is -2.07. The Hall–Kier alpha value is -1.91. The normalized spacial score (nSPS) is 10.6. The molecule has 5 heteroatoms. The SMILES string of the molecule is CCCn1cncc1CNc1ccc(F)cc1F. The van der Waals surface area contributed by atoms with Crippen molar-refractivity contribution in [1.82, 2.24) is 9.55 Å². The summed E-state index contributed by atoms with van der Waals surface area (Å²) in [4.78, 5) is 4.06. The van der Waals surface area contributed by atoms with E-state index in [2.05, 4.69) is 17.2 Å². The Kier molecular flexibility index (Phi) is 3.92. The molecule has 0 atom stereocenters. The first kappa shape index (κ1) is 12.5. The van der Waals surface area contributed by atoms with E-state index in [0.29, 0.717) is 12.2 Å². The number of anilines is 1.